The van der Waals surface area contributed by atoms with Gasteiger partial charge in [0, 0.05) is 25.2 Å². The number of carbonyl (C=O) groups is 1. The zero-order valence-electron chi connectivity index (χ0n) is 15.5. The van der Waals surface area contributed by atoms with E-state index in [1.54, 1.807) is 0 Å². The average Bonchev–Trinajstić information content (AvgIpc) is 3.27. The van der Waals surface area contributed by atoms with Gasteiger partial charge in [-0.25, -0.2) is 4.99 Å². The number of anilines is 1. The maximum atomic E-state index is 11.1. The van der Waals surface area contributed by atoms with E-state index >= 15 is 0 Å². The molecule has 5 nitrogen and oxygen atoms in total. The molecule has 5 rings (SSSR count). The lowest BCUT2D eigenvalue weighted by Crippen LogP contribution is -2.63. The van der Waals surface area contributed by atoms with Crippen LogP contribution in [0, 0.1) is 0 Å². The molecule has 3 heterocycles. The van der Waals surface area contributed by atoms with Gasteiger partial charge in [0.05, 0.1) is 16.4 Å². The van der Waals surface area contributed by atoms with Crippen LogP contribution in [0.15, 0.2) is 34.3 Å². The molecular formula is C21H23N3O2Si. The Balaban J connectivity index is 1.72. The first-order chi connectivity index (χ1) is 13.0. The number of fused-ring (bicyclic) bond motifs is 4. The summed E-state index contributed by atoms with van der Waals surface area (Å²) in [5.41, 5.74) is 4.98. The maximum absolute atomic E-state index is 11.1. The third-order valence-corrected chi connectivity index (χ3v) is 10.8. The Morgan fingerprint density at radius 1 is 1.15 bits per heavy atom. The van der Waals surface area contributed by atoms with E-state index in [2.05, 4.69) is 41.1 Å². The smallest absolute Gasteiger partial charge is 0.303 e. The Kier molecular flexibility index (Phi) is 3.72. The summed E-state index contributed by atoms with van der Waals surface area (Å²) in [6, 6.07) is 9.98. The molecule has 0 saturated heterocycles. The first-order valence-electron chi connectivity index (χ1n) is 9.74. The second-order valence-electron chi connectivity index (χ2n) is 8.02. The van der Waals surface area contributed by atoms with Crippen molar-refractivity contribution >= 4 is 35.8 Å². The van der Waals surface area contributed by atoms with Gasteiger partial charge in [0.2, 0.25) is 0 Å². The number of nitrogens with zero attached hydrogens (tertiary/aromatic N) is 2. The third kappa shape index (κ3) is 2.62. The first-order valence-corrected chi connectivity index (χ1v) is 12.4. The van der Waals surface area contributed by atoms with E-state index in [4.69, 9.17) is 10.1 Å². The van der Waals surface area contributed by atoms with Gasteiger partial charge in [-0.2, -0.15) is 0 Å². The number of hydrogen-bond donors (Lipinski definition) is 2. The number of hydrogen-bond acceptors (Lipinski definition) is 4. The van der Waals surface area contributed by atoms with Crippen LogP contribution in [0.3, 0.4) is 0 Å². The van der Waals surface area contributed by atoms with Crippen molar-refractivity contribution in [3.63, 3.8) is 0 Å². The molecule has 1 unspecified atom stereocenters. The van der Waals surface area contributed by atoms with E-state index < -0.39 is 14.0 Å². The van der Waals surface area contributed by atoms with E-state index in [1.807, 2.05) is 0 Å². The molecule has 2 aromatic rings. The van der Waals surface area contributed by atoms with Gasteiger partial charge in [0.25, 0.3) is 0 Å². The summed E-state index contributed by atoms with van der Waals surface area (Å²) >= 11 is 0. The average molecular weight is 378 g/mol. The fraction of sp³-hybridized carbons (Fsp3) is 0.381. The Hall–Kier alpha value is -2.47. The summed E-state index contributed by atoms with van der Waals surface area (Å²) in [7, 11) is -2.09. The van der Waals surface area contributed by atoms with Gasteiger partial charge in [0.15, 0.2) is 0 Å². The Bertz CT molecular complexity index is 1100. The lowest BCUT2D eigenvalue weighted by molar-refractivity contribution is -0.137. The molecule has 0 fully saturated rings. The zero-order valence-corrected chi connectivity index (χ0v) is 16.5. The van der Waals surface area contributed by atoms with E-state index in [0.29, 0.717) is 6.42 Å². The highest BCUT2D eigenvalue weighted by Crippen LogP contribution is 2.30. The summed E-state index contributed by atoms with van der Waals surface area (Å²) in [6.07, 6.45) is 2.97. The molecule has 0 amide bonds. The summed E-state index contributed by atoms with van der Waals surface area (Å²) < 4.78 is 0. The standard InChI is InChI=1S/C21H23N3O2Si/c1-27(8-2-3-21(25)26)19-11-15-13(4-6-22-15)9-17(19)24-18-10-14-5-7-23-16(14)12-20(18)27/h9-12,22H,2-8H2,1H3,(H,25,26). The molecular weight excluding hydrogens is 354 g/mol. The summed E-state index contributed by atoms with van der Waals surface area (Å²) in [5.74, 6) is -0.715. The van der Waals surface area contributed by atoms with Crippen molar-refractivity contribution in [3.05, 3.63) is 46.1 Å². The second-order valence-corrected chi connectivity index (χ2v) is 12.3. The van der Waals surface area contributed by atoms with Crippen LogP contribution in [0.1, 0.15) is 24.0 Å². The molecule has 0 aliphatic carbocycles. The van der Waals surface area contributed by atoms with Crippen molar-refractivity contribution < 1.29 is 9.90 Å². The van der Waals surface area contributed by atoms with Gasteiger partial charge in [0.1, 0.15) is 8.07 Å². The molecule has 0 spiro atoms. The van der Waals surface area contributed by atoms with Crippen LogP contribution in [0.2, 0.25) is 12.6 Å². The molecule has 6 heteroatoms. The van der Waals surface area contributed by atoms with E-state index in [1.165, 1.54) is 27.2 Å². The molecule has 0 saturated carbocycles. The van der Waals surface area contributed by atoms with Crippen LogP contribution in [0.25, 0.3) is 0 Å². The molecule has 0 aromatic heterocycles. The zero-order chi connectivity index (χ0) is 18.6. The van der Waals surface area contributed by atoms with E-state index in [9.17, 15) is 4.79 Å². The predicted octanol–water partition coefficient (Wildman–Crippen LogP) is 1.15. The van der Waals surface area contributed by atoms with Gasteiger partial charge in [-0.15, -0.1) is 0 Å². The van der Waals surface area contributed by atoms with Crippen LogP contribution in [-0.4, -0.2) is 32.2 Å². The highest BCUT2D eigenvalue weighted by atomic mass is 28.3. The van der Waals surface area contributed by atoms with Crippen molar-refractivity contribution in [2.45, 2.75) is 38.3 Å². The molecule has 2 N–H and O–H groups in total. The van der Waals surface area contributed by atoms with Gasteiger partial charge in [-0.3, -0.25) is 9.79 Å². The molecule has 3 aliphatic heterocycles. The molecule has 1 atom stereocenters. The summed E-state index contributed by atoms with van der Waals surface area (Å²) in [5, 5.41) is 17.5. The molecule has 2 aromatic carbocycles. The lowest BCUT2D eigenvalue weighted by Gasteiger charge is -2.33. The van der Waals surface area contributed by atoms with Crippen LogP contribution >= 0.6 is 0 Å². The summed E-state index contributed by atoms with van der Waals surface area (Å²) in [6.45, 7) is 4.22. The van der Waals surface area contributed by atoms with Gasteiger partial charge >= 0.3 is 5.97 Å². The Labute approximate surface area is 158 Å². The fourth-order valence-corrected chi connectivity index (χ4v) is 8.82. The fourth-order valence-electron chi connectivity index (χ4n) is 4.81. The number of nitrogens with one attached hydrogen (secondary N) is 1. The van der Waals surface area contributed by atoms with Crippen molar-refractivity contribution in [2.24, 2.45) is 9.98 Å². The largest absolute Gasteiger partial charge is 0.481 e. The summed E-state index contributed by atoms with van der Waals surface area (Å²) in [4.78, 5) is 20.8. The first kappa shape index (κ1) is 16.7. The Morgan fingerprint density at radius 3 is 2.89 bits per heavy atom. The second kappa shape index (κ2) is 6.02. The van der Waals surface area contributed by atoms with Crippen LogP contribution in [0.4, 0.5) is 11.4 Å². The monoisotopic (exact) mass is 377 g/mol. The lowest BCUT2D eigenvalue weighted by atomic mass is 10.1. The van der Waals surface area contributed by atoms with Gasteiger partial charge < -0.3 is 10.4 Å². The SMILES string of the molecule is C[Si]1(CCCC(=O)O)c2cc3c(cc2N=c2cc4c(cc21)=NCC4)CCN3. The van der Waals surface area contributed by atoms with E-state index in [0.717, 1.165) is 48.4 Å². The topological polar surface area (TPSA) is 74.0 Å². The number of carboxylic acid groups (broad SMARTS) is 1. The maximum Gasteiger partial charge on any atom is 0.303 e. The quantitative estimate of drug-likeness (QED) is 0.785. The van der Waals surface area contributed by atoms with Crippen molar-refractivity contribution in [3.8, 4) is 0 Å². The van der Waals surface area contributed by atoms with Crippen LogP contribution < -0.4 is 26.4 Å². The van der Waals surface area contributed by atoms with Crippen LogP contribution in [0.5, 0.6) is 0 Å². The third-order valence-electron chi connectivity index (χ3n) is 6.29. The number of carboxylic acids is 1. The minimum atomic E-state index is -2.09. The van der Waals surface area contributed by atoms with Crippen molar-refractivity contribution in [1.82, 2.24) is 0 Å². The Morgan fingerprint density at radius 2 is 2.04 bits per heavy atom. The van der Waals surface area contributed by atoms with Gasteiger partial charge in [-0.1, -0.05) is 6.55 Å². The van der Waals surface area contributed by atoms with E-state index in [-0.39, 0.29) is 6.42 Å². The highest BCUT2D eigenvalue weighted by molar-refractivity contribution is 7.02. The normalized spacial score (nSPS) is 21.2. The highest BCUT2D eigenvalue weighted by Gasteiger charge is 2.38. The number of aliphatic carboxylic acids is 1. The number of benzene rings is 2. The minimum Gasteiger partial charge on any atom is -0.481 e. The molecule has 3 aliphatic rings. The molecule has 0 radical (unpaired) electrons. The molecule has 27 heavy (non-hydrogen) atoms. The minimum absolute atomic E-state index is 0.225. The predicted molar refractivity (Wildman–Crippen MR) is 108 cm³/mol. The van der Waals surface area contributed by atoms with Crippen molar-refractivity contribution in [2.75, 3.05) is 18.4 Å². The molecule has 138 valence electrons. The molecule has 0 bridgehead atoms. The number of rotatable bonds is 4. The van der Waals surface area contributed by atoms with Crippen LogP contribution in [-0.2, 0) is 17.6 Å². The van der Waals surface area contributed by atoms with Gasteiger partial charge in [-0.05, 0) is 71.1 Å². The van der Waals surface area contributed by atoms with Crippen molar-refractivity contribution in [1.29, 1.82) is 0 Å².